The molecule has 1 aliphatic rings. The van der Waals surface area contributed by atoms with Gasteiger partial charge in [0.1, 0.15) is 11.8 Å². The molecule has 0 aromatic carbocycles. The highest BCUT2D eigenvalue weighted by Gasteiger charge is 2.18. The molecule has 1 saturated heterocycles. The highest BCUT2D eigenvalue weighted by atomic mass is 15.2. The number of rotatable bonds is 3. The second-order valence-corrected chi connectivity index (χ2v) is 4.59. The van der Waals surface area contributed by atoms with Gasteiger partial charge in [-0.15, -0.1) is 0 Å². The summed E-state index contributed by atoms with van der Waals surface area (Å²) in [6.07, 6.45) is 3.23. The van der Waals surface area contributed by atoms with Gasteiger partial charge in [0.2, 0.25) is 0 Å². The van der Waals surface area contributed by atoms with E-state index in [1.807, 2.05) is 23.9 Å². The maximum absolute atomic E-state index is 8.85. The lowest BCUT2D eigenvalue weighted by Gasteiger charge is -2.11. The lowest BCUT2D eigenvalue weighted by Crippen LogP contribution is -2.30. The summed E-state index contributed by atoms with van der Waals surface area (Å²) in [6, 6.07) is 4.72. The predicted molar refractivity (Wildman–Crippen MR) is 62.9 cm³/mol. The average molecular weight is 218 g/mol. The van der Waals surface area contributed by atoms with E-state index in [2.05, 4.69) is 23.3 Å². The molecule has 1 atom stereocenters. The Hall–Kier alpha value is -1.31. The summed E-state index contributed by atoms with van der Waals surface area (Å²) >= 11 is 0. The third-order valence-electron chi connectivity index (χ3n) is 3.16. The fourth-order valence-electron chi connectivity index (χ4n) is 2.20. The fraction of sp³-hybridized carbons (Fsp3) is 0.583. The number of likely N-dealkylation sites (tertiary alicyclic amines) is 1. The first-order valence-corrected chi connectivity index (χ1v) is 5.66. The van der Waals surface area contributed by atoms with Gasteiger partial charge in [-0.1, -0.05) is 0 Å². The molecule has 2 heterocycles. The number of aromatic nitrogens is 1. The molecule has 1 aromatic heterocycles. The lowest BCUT2D eigenvalue weighted by atomic mass is 10.2. The number of nitriles is 1. The van der Waals surface area contributed by atoms with Crippen LogP contribution >= 0.6 is 0 Å². The molecular weight excluding hydrogens is 200 g/mol. The third-order valence-corrected chi connectivity index (χ3v) is 3.16. The Labute approximate surface area is 96.5 Å². The summed E-state index contributed by atoms with van der Waals surface area (Å²) < 4.78 is 1.87. The summed E-state index contributed by atoms with van der Waals surface area (Å²) in [5.74, 6) is 0. The average Bonchev–Trinajstić information content (AvgIpc) is 2.82. The van der Waals surface area contributed by atoms with Crippen LogP contribution in [0.15, 0.2) is 12.3 Å². The first kappa shape index (κ1) is 11.2. The molecule has 16 heavy (non-hydrogen) atoms. The number of nitrogens with zero attached hydrogens (tertiary/aromatic N) is 3. The maximum Gasteiger partial charge on any atom is 0.120 e. The summed E-state index contributed by atoms with van der Waals surface area (Å²) in [5, 5.41) is 12.4. The van der Waals surface area contributed by atoms with Gasteiger partial charge in [-0.2, -0.15) is 5.26 Å². The standard InChI is InChI=1S/C12H18N4/c1-15-4-3-11(9-15)14-7-10-5-12(6-13)16(2)8-10/h5,8,11,14H,3-4,7,9H2,1-2H3. The Morgan fingerprint density at radius 1 is 1.56 bits per heavy atom. The van der Waals surface area contributed by atoms with E-state index in [1.165, 1.54) is 18.5 Å². The molecule has 0 radical (unpaired) electrons. The van der Waals surface area contributed by atoms with Crippen LogP contribution in [0, 0.1) is 11.3 Å². The summed E-state index contributed by atoms with van der Waals surface area (Å²) in [7, 11) is 4.06. The van der Waals surface area contributed by atoms with Crippen LogP contribution in [0.4, 0.5) is 0 Å². The number of hydrogen-bond donors (Lipinski definition) is 1. The van der Waals surface area contributed by atoms with Crippen molar-refractivity contribution in [3.63, 3.8) is 0 Å². The van der Waals surface area contributed by atoms with E-state index in [9.17, 15) is 0 Å². The van der Waals surface area contributed by atoms with Gasteiger partial charge >= 0.3 is 0 Å². The largest absolute Gasteiger partial charge is 0.342 e. The van der Waals surface area contributed by atoms with E-state index in [4.69, 9.17) is 5.26 Å². The van der Waals surface area contributed by atoms with Crippen LogP contribution in [-0.4, -0.2) is 35.6 Å². The molecule has 4 heteroatoms. The van der Waals surface area contributed by atoms with Gasteiger partial charge in [0.15, 0.2) is 0 Å². The Morgan fingerprint density at radius 3 is 2.94 bits per heavy atom. The molecule has 0 amide bonds. The second kappa shape index (κ2) is 4.69. The quantitative estimate of drug-likeness (QED) is 0.812. The monoisotopic (exact) mass is 218 g/mol. The molecule has 4 nitrogen and oxygen atoms in total. The minimum Gasteiger partial charge on any atom is -0.342 e. The molecule has 1 aliphatic heterocycles. The minimum absolute atomic E-state index is 0.593. The molecule has 1 unspecified atom stereocenters. The molecule has 2 rings (SSSR count). The van der Waals surface area contributed by atoms with Crippen molar-refractivity contribution >= 4 is 0 Å². The number of aryl methyl sites for hydroxylation is 1. The smallest absolute Gasteiger partial charge is 0.120 e. The van der Waals surface area contributed by atoms with Gasteiger partial charge in [0.05, 0.1) is 0 Å². The van der Waals surface area contributed by atoms with Crippen molar-refractivity contribution in [1.82, 2.24) is 14.8 Å². The molecule has 0 spiro atoms. The highest BCUT2D eigenvalue weighted by molar-refractivity contribution is 5.28. The Bertz CT molecular complexity index is 402. The van der Waals surface area contributed by atoms with Crippen molar-refractivity contribution in [2.75, 3.05) is 20.1 Å². The summed E-state index contributed by atoms with van der Waals surface area (Å²) in [4.78, 5) is 2.34. The van der Waals surface area contributed by atoms with Crippen LogP contribution in [0.3, 0.4) is 0 Å². The summed E-state index contributed by atoms with van der Waals surface area (Å²) in [6.45, 7) is 3.15. The van der Waals surface area contributed by atoms with E-state index < -0.39 is 0 Å². The number of nitrogens with one attached hydrogen (secondary N) is 1. The van der Waals surface area contributed by atoms with Crippen LogP contribution in [0.1, 0.15) is 17.7 Å². The maximum atomic E-state index is 8.85. The normalized spacial score (nSPS) is 21.2. The van der Waals surface area contributed by atoms with Crippen LogP contribution in [0.2, 0.25) is 0 Å². The molecule has 1 N–H and O–H groups in total. The molecule has 0 bridgehead atoms. The minimum atomic E-state index is 0.593. The van der Waals surface area contributed by atoms with Crippen LogP contribution in [0.25, 0.3) is 0 Å². The molecule has 0 aliphatic carbocycles. The zero-order chi connectivity index (χ0) is 11.5. The van der Waals surface area contributed by atoms with E-state index in [0.717, 1.165) is 18.8 Å². The SMILES string of the molecule is CN1CCC(NCc2cc(C#N)n(C)c2)C1. The lowest BCUT2D eigenvalue weighted by molar-refractivity contribution is 0.397. The van der Waals surface area contributed by atoms with Gasteiger partial charge in [0.25, 0.3) is 0 Å². The Kier molecular flexibility index (Phi) is 3.28. The first-order chi connectivity index (χ1) is 7.69. The van der Waals surface area contributed by atoms with Crippen molar-refractivity contribution in [1.29, 1.82) is 5.26 Å². The van der Waals surface area contributed by atoms with Crippen molar-refractivity contribution in [2.45, 2.75) is 19.0 Å². The zero-order valence-electron chi connectivity index (χ0n) is 9.90. The van der Waals surface area contributed by atoms with Gasteiger partial charge in [-0.3, -0.25) is 0 Å². The van der Waals surface area contributed by atoms with Gasteiger partial charge in [0, 0.05) is 32.4 Å². The Balaban J connectivity index is 1.88. The fourth-order valence-corrected chi connectivity index (χ4v) is 2.20. The molecule has 1 fully saturated rings. The van der Waals surface area contributed by atoms with E-state index in [-0.39, 0.29) is 0 Å². The van der Waals surface area contributed by atoms with Crippen LogP contribution in [0.5, 0.6) is 0 Å². The molecule has 1 aromatic rings. The third kappa shape index (κ3) is 2.43. The zero-order valence-corrected chi connectivity index (χ0v) is 9.90. The molecular formula is C12H18N4. The Morgan fingerprint density at radius 2 is 2.38 bits per heavy atom. The number of hydrogen-bond acceptors (Lipinski definition) is 3. The second-order valence-electron chi connectivity index (χ2n) is 4.59. The van der Waals surface area contributed by atoms with Crippen molar-refractivity contribution in [2.24, 2.45) is 7.05 Å². The van der Waals surface area contributed by atoms with Crippen molar-refractivity contribution < 1.29 is 0 Å². The topological polar surface area (TPSA) is 44.0 Å². The van der Waals surface area contributed by atoms with E-state index >= 15 is 0 Å². The summed E-state index contributed by atoms with van der Waals surface area (Å²) in [5.41, 5.74) is 1.91. The molecule has 0 saturated carbocycles. The van der Waals surface area contributed by atoms with Gasteiger partial charge in [-0.25, -0.2) is 0 Å². The van der Waals surface area contributed by atoms with E-state index in [0.29, 0.717) is 6.04 Å². The van der Waals surface area contributed by atoms with Gasteiger partial charge < -0.3 is 14.8 Å². The highest BCUT2D eigenvalue weighted by Crippen LogP contribution is 2.09. The van der Waals surface area contributed by atoms with Crippen LogP contribution < -0.4 is 5.32 Å². The van der Waals surface area contributed by atoms with Crippen molar-refractivity contribution in [3.05, 3.63) is 23.5 Å². The first-order valence-electron chi connectivity index (χ1n) is 5.66. The van der Waals surface area contributed by atoms with E-state index in [1.54, 1.807) is 0 Å². The number of likely N-dealkylation sites (N-methyl/N-ethyl adjacent to an activating group) is 1. The van der Waals surface area contributed by atoms with Gasteiger partial charge in [-0.05, 0) is 31.6 Å². The molecule has 86 valence electrons. The van der Waals surface area contributed by atoms with Crippen LogP contribution in [-0.2, 0) is 13.6 Å². The van der Waals surface area contributed by atoms with Crippen molar-refractivity contribution in [3.8, 4) is 6.07 Å². The predicted octanol–water partition coefficient (Wildman–Crippen LogP) is 0.690.